The summed E-state index contributed by atoms with van der Waals surface area (Å²) in [6.07, 6.45) is 6.41. The van der Waals surface area contributed by atoms with Crippen molar-refractivity contribution < 1.29 is 23.1 Å². The maximum absolute atomic E-state index is 13.3. The van der Waals surface area contributed by atoms with Gasteiger partial charge in [-0.2, -0.15) is 0 Å². The summed E-state index contributed by atoms with van der Waals surface area (Å²) in [7, 11) is -2.41. The molecule has 34 heavy (non-hydrogen) atoms. The molecule has 1 N–H and O–H groups in total. The van der Waals surface area contributed by atoms with Crippen molar-refractivity contribution in [3.63, 3.8) is 0 Å². The monoisotopic (exact) mass is 482 g/mol. The second kappa shape index (κ2) is 8.84. The highest BCUT2D eigenvalue weighted by Crippen LogP contribution is 2.38. The third kappa shape index (κ3) is 3.67. The number of ether oxygens (including phenoxy) is 1. The van der Waals surface area contributed by atoms with Crippen LogP contribution in [0.15, 0.2) is 53.7 Å². The van der Waals surface area contributed by atoms with Crippen molar-refractivity contribution in [1.29, 1.82) is 0 Å². The Morgan fingerprint density at radius 2 is 1.88 bits per heavy atom. The Hall–Kier alpha value is -3.24. The van der Waals surface area contributed by atoms with Gasteiger partial charge in [0, 0.05) is 24.0 Å². The molecular weight excluding hydrogens is 456 g/mol. The van der Waals surface area contributed by atoms with Crippen molar-refractivity contribution in [3.05, 3.63) is 54.6 Å². The van der Waals surface area contributed by atoms with Gasteiger partial charge in [-0.3, -0.25) is 4.79 Å². The molecule has 178 valence electrons. The maximum atomic E-state index is 13.3. The van der Waals surface area contributed by atoms with Crippen LogP contribution in [0, 0.1) is 5.92 Å². The molecule has 0 radical (unpaired) electrons. The standard InChI is InChI=1S/C24H26N4O5S/c1-33-24(30)16-7-9-17(10-8-16)28-21(12-14-29)26-20-15-25-23-19(22(20)28)11-13-27(23)34(31,32)18-5-3-2-4-6-18/h2-6,11,13,15-17,29H,7-10,12,14H2,1H3. The van der Waals surface area contributed by atoms with E-state index < -0.39 is 10.0 Å². The fourth-order valence-corrected chi connectivity index (χ4v) is 6.32. The van der Waals surface area contributed by atoms with Gasteiger partial charge in [0.1, 0.15) is 11.3 Å². The number of nitrogens with zero attached hydrogens (tertiary/aromatic N) is 4. The second-order valence-electron chi connectivity index (χ2n) is 8.56. The number of fused-ring (bicyclic) bond motifs is 3. The Labute approximate surface area is 197 Å². The van der Waals surface area contributed by atoms with Gasteiger partial charge >= 0.3 is 5.97 Å². The Bertz CT molecular complexity index is 1450. The molecule has 1 saturated carbocycles. The number of carbonyl (C=O) groups excluding carboxylic acids is 1. The Kier molecular flexibility index (Phi) is 5.86. The Morgan fingerprint density at radius 3 is 2.56 bits per heavy atom. The second-order valence-corrected chi connectivity index (χ2v) is 10.4. The number of rotatable bonds is 6. The van der Waals surface area contributed by atoms with Crippen LogP contribution < -0.4 is 0 Å². The van der Waals surface area contributed by atoms with Crippen molar-refractivity contribution in [2.24, 2.45) is 5.92 Å². The fourth-order valence-electron chi connectivity index (χ4n) is 5.00. The van der Waals surface area contributed by atoms with Gasteiger partial charge in [0.2, 0.25) is 0 Å². The summed E-state index contributed by atoms with van der Waals surface area (Å²) >= 11 is 0. The molecule has 1 fully saturated rings. The molecule has 0 saturated heterocycles. The molecule has 0 bridgehead atoms. The number of carbonyl (C=O) groups is 1. The lowest BCUT2D eigenvalue weighted by atomic mass is 9.85. The molecule has 0 unspecified atom stereocenters. The van der Waals surface area contributed by atoms with Gasteiger partial charge in [0.05, 0.1) is 36.2 Å². The molecule has 9 nitrogen and oxygen atoms in total. The van der Waals surface area contributed by atoms with Crippen LogP contribution in [-0.4, -0.2) is 51.7 Å². The molecule has 0 aliphatic heterocycles. The zero-order valence-corrected chi connectivity index (χ0v) is 19.6. The minimum atomic E-state index is -3.82. The first kappa shape index (κ1) is 22.5. The first-order valence-corrected chi connectivity index (χ1v) is 12.8. The molecule has 10 heteroatoms. The van der Waals surface area contributed by atoms with Gasteiger partial charge in [0.25, 0.3) is 10.0 Å². The minimum absolute atomic E-state index is 0.0548. The van der Waals surface area contributed by atoms with Crippen molar-refractivity contribution in [2.75, 3.05) is 13.7 Å². The van der Waals surface area contributed by atoms with Crippen LogP contribution in [0.2, 0.25) is 0 Å². The number of aromatic nitrogens is 4. The fraction of sp³-hybridized carbons (Fsp3) is 0.375. The summed E-state index contributed by atoms with van der Waals surface area (Å²) in [5, 5.41) is 10.3. The van der Waals surface area contributed by atoms with Crippen LogP contribution in [0.25, 0.3) is 22.1 Å². The normalized spacial score (nSPS) is 19.0. The van der Waals surface area contributed by atoms with E-state index in [4.69, 9.17) is 9.72 Å². The van der Waals surface area contributed by atoms with E-state index in [2.05, 4.69) is 9.55 Å². The zero-order chi connectivity index (χ0) is 23.9. The van der Waals surface area contributed by atoms with E-state index in [0.717, 1.165) is 24.2 Å². The molecule has 4 aromatic rings. The molecule has 5 rings (SSSR count). The third-order valence-corrected chi connectivity index (χ3v) is 8.31. The van der Waals surface area contributed by atoms with E-state index >= 15 is 0 Å². The molecule has 1 aromatic carbocycles. The molecular formula is C24H26N4O5S. The van der Waals surface area contributed by atoms with Crippen LogP contribution in [0.5, 0.6) is 0 Å². The largest absolute Gasteiger partial charge is 0.469 e. The molecule has 0 atom stereocenters. The molecule has 1 aliphatic carbocycles. The third-order valence-electron chi connectivity index (χ3n) is 6.63. The lowest BCUT2D eigenvalue weighted by Crippen LogP contribution is -2.25. The number of hydrogen-bond acceptors (Lipinski definition) is 7. The molecule has 0 amide bonds. The highest BCUT2D eigenvalue weighted by molar-refractivity contribution is 7.90. The predicted molar refractivity (Wildman–Crippen MR) is 126 cm³/mol. The van der Waals surface area contributed by atoms with Crippen LogP contribution >= 0.6 is 0 Å². The smallest absolute Gasteiger partial charge is 0.308 e. The summed E-state index contributed by atoms with van der Waals surface area (Å²) in [6, 6.07) is 10.1. The first-order chi connectivity index (χ1) is 16.5. The van der Waals surface area contributed by atoms with E-state index in [0.29, 0.717) is 35.8 Å². The number of esters is 1. The number of methoxy groups -OCH3 is 1. The van der Waals surface area contributed by atoms with E-state index in [1.807, 2.05) is 0 Å². The van der Waals surface area contributed by atoms with Crippen molar-refractivity contribution in [2.45, 2.75) is 43.0 Å². The highest BCUT2D eigenvalue weighted by Gasteiger charge is 2.31. The van der Waals surface area contributed by atoms with Gasteiger partial charge in [0.15, 0.2) is 5.65 Å². The number of aliphatic hydroxyl groups excluding tert-OH is 1. The number of benzene rings is 1. The van der Waals surface area contributed by atoms with E-state index in [-0.39, 0.29) is 29.4 Å². The van der Waals surface area contributed by atoms with Crippen LogP contribution in [0.3, 0.4) is 0 Å². The average Bonchev–Trinajstić information content (AvgIpc) is 3.46. The Balaban J connectivity index is 1.63. The van der Waals surface area contributed by atoms with Gasteiger partial charge in [-0.1, -0.05) is 18.2 Å². The van der Waals surface area contributed by atoms with Crippen LogP contribution in [-0.2, 0) is 26.0 Å². The zero-order valence-electron chi connectivity index (χ0n) is 18.8. The number of aliphatic hydroxyl groups is 1. The van der Waals surface area contributed by atoms with Crippen molar-refractivity contribution in [3.8, 4) is 0 Å². The average molecular weight is 483 g/mol. The highest BCUT2D eigenvalue weighted by atomic mass is 32.2. The lowest BCUT2D eigenvalue weighted by Gasteiger charge is -2.29. The van der Waals surface area contributed by atoms with E-state index in [1.165, 1.54) is 17.3 Å². The first-order valence-electron chi connectivity index (χ1n) is 11.3. The molecule has 3 heterocycles. The topological polar surface area (TPSA) is 116 Å². The number of imidazole rings is 1. The van der Waals surface area contributed by atoms with E-state index in [9.17, 15) is 18.3 Å². The summed E-state index contributed by atoms with van der Waals surface area (Å²) in [4.78, 5) is 21.3. The SMILES string of the molecule is COC(=O)C1CCC(n2c(CCO)nc3cnc4c(ccn4S(=O)(=O)c4ccccc4)c32)CC1. The van der Waals surface area contributed by atoms with Gasteiger partial charge in [-0.05, 0) is 43.9 Å². The van der Waals surface area contributed by atoms with Crippen LogP contribution in [0.4, 0.5) is 0 Å². The van der Waals surface area contributed by atoms with Gasteiger partial charge in [-0.25, -0.2) is 22.4 Å². The van der Waals surface area contributed by atoms with Gasteiger partial charge in [-0.15, -0.1) is 0 Å². The van der Waals surface area contributed by atoms with Crippen molar-refractivity contribution in [1.82, 2.24) is 18.5 Å². The molecule has 3 aromatic heterocycles. The summed E-state index contributed by atoms with van der Waals surface area (Å²) in [5.41, 5.74) is 1.79. The Morgan fingerprint density at radius 1 is 1.15 bits per heavy atom. The molecule has 1 aliphatic rings. The minimum Gasteiger partial charge on any atom is -0.469 e. The van der Waals surface area contributed by atoms with Gasteiger partial charge < -0.3 is 14.4 Å². The lowest BCUT2D eigenvalue weighted by molar-refractivity contribution is -0.146. The maximum Gasteiger partial charge on any atom is 0.308 e. The molecule has 0 spiro atoms. The predicted octanol–water partition coefficient (Wildman–Crippen LogP) is 3.06. The quantitative estimate of drug-likeness (QED) is 0.420. The summed E-state index contributed by atoms with van der Waals surface area (Å²) in [5.74, 6) is 0.433. The van der Waals surface area contributed by atoms with E-state index in [1.54, 1.807) is 42.6 Å². The number of hydrogen-bond donors (Lipinski definition) is 1. The number of pyridine rings is 1. The summed E-state index contributed by atoms with van der Waals surface area (Å²) < 4.78 is 34.8. The van der Waals surface area contributed by atoms with Crippen LogP contribution in [0.1, 0.15) is 37.5 Å². The van der Waals surface area contributed by atoms with Crippen molar-refractivity contribution >= 4 is 38.1 Å². The summed E-state index contributed by atoms with van der Waals surface area (Å²) in [6.45, 7) is -0.0548.